The van der Waals surface area contributed by atoms with Crippen molar-refractivity contribution in [3.8, 4) is 5.75 Å². The molecule has 0 heterocycles. The number of alkyl carbamates (subject to hydrolysis) is 1. The van der Waals surface area contributed by atoms with E-state index in [1.54, 1.807) is 0 Å². The van der Waals surface area contributed by atoms with E-state index in [1.165, 1.54) is 48.5 Å². The number of aliphatic carboxylic acids is 3. The number of nitrogens with zero attached hydrogens (tertiary/aromatic N) is 1. The van der Waals surface area contributed by atoms with Gasteiger partial charge in [0.05, 0.1) is 30.0 Å². The SMILES string of the molecule is NC(N)=Nc1ccc(C(=O)Oc2ccc(COC(=O)NC(CC(=O)O)C(=O)C[C@@H](CC(=O)O)C(=O)O)cc2)cc1. The summed E-state index contributed by atoms with van der Waals surface area (Å²) >= 11 is 0. The number of benzene rings is 2. The zero-order valence-corrected chi connectivity index (χ0v) is 20.8. The monoisotopic (exact) mass is 558 g/mol. The van der Waals surface area contributed by atoms with E-state index in [-0.39, 0.29) is 23.9 Å². The highest BCUT2D eigenvalue weighted by Crippen LogP contribution is 2.18. The largest absolute Gasteiger partial charge is 0.481 e. The fraction of sp³-hybridized carbons (Fsp3) is 0.240. The number of carbonyl (C=O) groups is 6. The number of carbonyl (C=O) groups excluding carboxylic acids is 3. The summed E-state index contributed by atoms with van der Waals surface area (Å²) in [6, 6.07) is 10.2. The minimum absolute atomic E-state index is 0.132. The van der Waals surface area contributed by atoms with Crippen LogP contribution in [0.3, 0.4) is 0 Å². The van der Waals surface area contributed by atoms with Crippen molar-refractivity contribution in [1.82, 2.24) is 5.32 Å². The Bertz CT molecular complexity index is 1290. The van der Waals surface area contributed by atoms with Crippen molar-refractivity contribution in [2.75, 3.05) is 0 Å². The fourth-order valence-electron chi connectivity index (χ4n) is 3.24. The van der Waals surface area contributed by atoms with Gasteiger partial charge in [-0.15, -0.1) is 0 Å². The smallest absolute Gasteiger partial charge is 0.408 e. The normalized spacial score (nSPS) is 11.8. The second kappa shape index (κ2) is 14.5. The average Bonchev–Trinajstić information content (AvgIpc) is 2.87. The van der Waals surface area contributed by atoms with Gasteiger partial charge in [-0.25, -0.2) is 14.6 Å². The lowest BCUT2D eigenvalue weighted by molar-refractivity contribution is -0.149. The predicted octanol–water partition coefficient (Wildman–Crippen LogP) is 1.01. The minimum Gasteiger partial charge on any atom is -0.481 e. The van der Waals surface area contributed by atoms with Gasteiger partial charge in [-0.3, -0.25) is 19.2 Å². The van der Waals surface area contributed by atoms with Gasteiger partial charge in [0, 0.05) is 6.42 Å². The summed E-state index contributed by atoms with van der Waals surface area (Å²) in [6.07, 6.45) is -3.70. The molecule has 0 aliphatic carbocycles. The number of rotatable bonds is 14. The third-order valence-electron chi connectivity index (χ3n) is 5.14. The van der Waals surface area contributed by atoms with Crippen LogP contribution in [-0.2, 0) is 30.5 Å². The summed E-state index contributed by atoms with van der Waals surface area (Å²) in [7, 11) is 0. The summed E-state index contributed by atoms with van der Waals surface area (Å²) < 4.78 is 10.3. The van der Waals surface area contributed by atoms with Crippen LogP contribution in [0.1, 0.15) is 35.2 Å². The number of esters is 1. The van der Waals surface area contributed by atoms with E-state index in [1.807, 2.05) is 0 Å². The van der Waals surface area contributed by atoms with Crippen LogP contribution < -0.4 is 21.5 Å². The molecule has 1 unspecified atom stereocenters. The zero-order chi connectivity index (χ0) is 29.8. The van der Waals surface area contributed by atoms with Crippen LogP contribution in [0.5, 0.6) is 5.75 Å². The lowest BCUT2D eigenvalue weighted by Gasteiger charge is -2.18. The highest BCUT2D eigenvalue weighted by molar-refractivity contribution is 5.94. The zero-order valence-electron chi connectivity index (χ0n) is 20.8. The number of amides is 1. The molecule has 0 spiro atoms. The Kier molecular flexibility index (Phi) is 11.1. The molecular formula is C25H26N4O11. The third kappa shape index (κ3) is 10.5. The van der Waals surface area contributed by atoms with Crippen molar-refractivity contribution in [2.45, 2.75) is 31.9 Å². The number of nitrogens with one attached hydrogen (secondary N) is 1. The molecule has 0 aliphatic heterocycles. The summed E-state index contributed by atoms with van der Waals surface area (Å²) in [4.78, 5) is 73.9. The number of Topliss-reactive ketones (excluding diaryl/α,β-unsaturated/α-hetero) is 1. The second-order valence-corrected chi connectivity index (χ2v) is 8.29. The van der Waals surface area contributed by atoms with Crippen LogP contribution in [0.15, 0.2) is 53.5 Å². The van der Waals surface area contributed by atoms with Crippen LogP contribution in [0, 0.1) is 5.92 Å². The first kappa shape index (κ1) is 30.8. The Morgan fingerprint density at radius 1 is 0.825 bits per heavy atom. The van der Waals surface area contributed by atoms with Crippen molar-refractivity contribution in [1.29, 1.82) is 0 Å². The van der Waals surface area contributed by atoms with E-state index in [2.05, 4.69) is 10.3 Å². The van der Waals surface area contributed by atoms with E-state index in [9.17, 15) is 28.8 Å². The number of ketones is 1. The Morgan fingerprint density at radius 2 is 1.43 bits per heavy atom. The van der Waals surface area contributed by atoms with E-state index >= 15 is 0 Å². The van der Waals surface area contributed by atoms with Crippen molar-refractivity contribution in [3.05, 3.63) is 59.7 Å². The van der Waals surface area contributed by atoms with E-state index in [0.29, 0.717) is 11.3 Å². The molecule has 2 atom stereocenters. The highest BCUT2D eigenvalue weighted by atomic mass is 16.5. The molecule has 2 aromatic carbocycles. The molecule has 0 aliphatic rings. The predicted molar refractivity (Wildman–Crippen MR) is 136 cm³/mol. The van der Waals surface area contributed by atoms with Crippen LogP contribution in [0.4, 0.5) is 10.5 Å². The highest BCUT2D eigenvalue weighted by Gasteiger charge is 2.30. The van der Waals surface area contributed by atoms with Gasteiger partial charge in [0.1, 0.15) is 18.4 Å². The molecule has 15 heteroatoms. The van der Waals surface area contributed by atoms with Crippen LogP contribution >= 0.6 is 0 Å². The maximum Gasteiger partial charge on any atom is 0.408 e. The van der Waals surface area contributed by atoms with E-state index in [0.717, 1.165) is 0 Å². The quantitative estimate of drug-likeness (QED) is 0.0819. The first-order valence-electron chi connectivity index (χ1n) is 11.5. The summed E-state index contributed by atoms with van der Waals surface area (Å²) in [5.41, 5.74) is 11.7. The maximum atomic E-state index is 12.4. The van der Waals surface area contributed by atoms with Gasteiger partial charge in [-0.05, 0) is 42.0 Å². The van der Waals surface area contributed by atoms with Gasteiger partial charge < -0.3 is 41.6 Å². The topological polar surface area (TPSA) is 258 Å². The number of aliphatic imine (C=N–C) groups is 1. The molecule has 8 N–H and O–H groups in total. The van der Waals surface area contributed by atoms with Gasteiger partial charge >= 0.3 is 30.0 Å². The Hall–Kier alpha value is -5.47. The van der Waals surface area contributed by atoms with Gasteiger partial charge in [-0.1, -0.05) is 12.1 Å². The number of nitrogens with two attached hydrogens (primary N) is 2. The standard InChI is InChI=1S/C25H26N4O11/c26-24(27)28-16-5-3-14(4-6-16)23(37)40-17-7-1-13(2-8-17)12-39-25(38)29-18(11-21(33)34)19(30)9-15(22(35)36)10-20(31)32/h1-8,15,18H,9-12H2,(H,29,38)(H,31,32)(H,33,34)(H,35,36)(H4,26,27,28)/t15-,18?/m0/s1. The van der Waals surface area contributed by atoms with Crippen molar-refractivity contribution < 1.29 is 53.6 Å². The van der Waals surface area contributed by atoms with Crippen LogP contribution in [-0.4, -0.2) is 63.1 Å². The molecule has 1 amide bonds. The Balaban J connectivity index is 1.93. The summed E-state index contributed by atoms with van der Waals surface area (Å²) in [6.45, 7) is -0.308. The van der Waals surface area contributed by atoms with Gasteiger partial charge in [0.15, 0.2) is 11.7 Å². The number of hydrogen-bond donors (Lipinski definition) is 6. The molecule has 15 nitrogen and oxygen atoms in total. The first-order chi connectivity index (χ1) is 18.8. The second-order valence-electron chi connectivity index (χ2n) is 8.29. The van der Waals surface area contributed by atoms with E-state index in [4.69, 9.17) is 36.3 Å². The summed E-state index contributed by atoms with van der Waals surface area (Å²) in [5.74, 6) is -7.65. The number of hydrogen-bond acceptors (Lipinski definition) is 9. The molecule has 212 valence electrons. The first-order valence-corrected chi connectivity index (χ1v) is 11.5. The van der Waals surface area contributed by atoms with E-state index < -0.39 is 67.0 Å². The van der Waals surface area contributed by atoms with Gasteiger partial charge in [0.2, 0.25) is 0 Å². The minimum atomic E-state index is -1.64. The number of carboxylic acids is 3. The molecule has 0 fully saturated rings. The van der Waals surface area contributed by atoms with Gasteiger partial charge in [0.25, 0.3) is 0 Å². The van der Waals surface area contributed by atoms with Crippen molar-refractivity contribution >= 4 is 47.4 Å². The lowest BCUT2D eigenvalue weighted by atomic mass is 9.94. The maximum absolute atomic E-state index is 12.4. The molecule has 0 saturated carbocycles. The molecule has 0 bridgehead atoms. The molecule has 0 radical (unpaired) electrons. The molecule has 2 aromatic rings. The Morgan fingerprint density at radius 3 is 1.95 bits per heavy atom. The molecule has 0 saturated heterocycles. The van der Waals surface area contributed by atoms with Crippen LogP contribution in [0.25, 0.3) is 0 Å². The molecule has 0 aromatic heterocycles. The number of ether oxygens (including phenoxy) is 2. The lowest BCUT2D eigenvalue weighted by Crippen LogP contribution is -2.43. The molecular weight excluding hydrogens is 532 g/mol. The van der Waals surface area contributed by atoms with Gasteiger partial charge in [-0.2, -0.15) is 0 Å². The molecule has 40 heavy (non-hydrogen) atoms. The van der Waals surface area contributed by atoms with Crippen LogP contribution in [0.2, 0.25) is 0 Å². The molecule has 2 rings (SSSR count). The fourth-order valence-corrected chi connectivity index (χ4v) is 3.24. The summed E-state index contributed by atoms with van der Waals surface area (Å²) in [5, 5.41) is 29.0. The number of guanidine groups is 1. The average molecular weight is 559 g/mol. The third-order valence-corrected chi connectivity index (χ3v) is 5.14. The van der Waals surface area contributed by atoms with Crippen molar-refractivity contribution in [2.24, 2.45) is 22.4 Å². The Labute approximate surface area is 226 Å². The number of carboxylic acid groups (broad SMARTS) is 3. The van der Waals surface area contributed by atoms with Crippen molar-refractivity contribution in [3.63, 3.8) is 0 Å².